The zero-order valence-corrected chi connectivity index (χ0v) is 14.1. The van der Waals surface area contributed by atoms with E-state index in [1.807, 2.05) is 30.3 Å². The van der Waals surface area contributed by atoms with Gasteiger partial charge in [0, 0.05) is 41.5 Å². The van der Waals surface area contributed by atoms with E-state index < -0.39 is 5.97 Å². The summed E-state index contributed by atoms with van der Waals surface area (Å²) < 4.78 is 0. The van der Waals surface area contributed by atoms with Gasteiger partial charge in [-0.2, -0.15) is 0 Å². The molecular weight excluding hydrogens is 324 g/mol. The highest BCUT2D eigenvalue weighted by atomic mass is 32.1. The van der Waals surface area contributed by atoms with E-state index in [1.165, 1.54) is 11.3 Å². The van der Waals surface area contributed by atoms with Crippen LogP contribution in [-0.4, -0.2) is 41.0 Å². The van der Waals surface area contributed by atoms with E-state index in [4.69, 9.17) is 5.11 Å². The smallest absolute Gasteiger partial charge is 0.336 e. The highest BCUT2D eigenvalue weighted by Crippen LogP contribution is 2.20. The quantitative estimate of drug-likeness (QED) is 0.875. The van der Waals surface area contributed by atoms with Crippen molar-refractivity contribution < 1.29 is 14.7 Å². The van der Waals surface area contributed by atoms with Crippen LogP contribution in [0.25, 0.3) is 0 Å². The molecule has 0 atom stereocenters. The number of rotatable bonds is 5. The minimum atomic E-state index is -0.875. The van der Waals surface area contributed by atoms with Crippen LogP contribution in [0.3, 0.4) is 0 Å². The van der Waals surface area contributed by atoms with Gasteiger partial charge in [-0.15, -0.1) is 11.3 Å². The number of piperidine rings is 1. The molecule has 1 aliphatic heterocycles. The maximum absolute atomic E-state index is 12.2. The second kappa shape index (κ2) is 7.59. The van der Waals surface area contributed by atoms with E-state index in [0.717, 1.165) is 37.4 Å². The maximum Gasteiger partial charge on any atom is 0.336 e. The Balaban J connectivity index is 1.47. The molecule has 5 nitrogen and oxygen atoms in total. The second-order valence-electron chi connectivity index (χ2n) is 6.00. The number of thiophene rings is 1. The van der Waals surface area contributed by atoms with Crippen molar-refractivity contribution in [3.05, 3.63) is 57.8 Å². The van der Waals surface area contributed by atoms with Gasteiger partial charge in [0.2, 0.25) is 0 Å². The molecule has 1 amide bonds. The predicted octanol–water partition coefficient (Wildman–Crippen LogP) is 2.84. The molecule has 1 aromatic heterocycles. The van der Waals surface area contributed by atoms with Crippen LogP contribution < -0.4 is 5.32 Å². The van der Waals surface area contributed by atoms with Crippen LogP contribution in [0, 0.1) is 0 Å². The van der Waals surface area contributed by atoms with Gasteiger partial charge < -0.3 is 10.4 Å². The first-order valence-electron chi connectivity index (χ1n) is 8.01. The first-order valence-corrected chi connectivity index (χ1v) is 8.89. The van der Waals surface area contributed by atoms with Crippen molar-refractivity contribution in [1.29, 1.82) is 0 Å². The number of benzene rings is 1. The van der Waals surface area contributed by atoms with E-state index in [0.29, 0.717) is 11.1 Å². The summed E-state index contributed by atoms with van der Waals surface area (Å²) in [6, 6.07) is 11.2. The second-order valence-corrected chi connectivity index (χ2v) is 6.99. The Hall–Kier alpha value is -2.18. The number of carboxylic acid groups (broad SMARTS) is 1. The van der Waals surface area contributed by atoms with Gasteiger partial charge in [0.1, 0.15) is 0 Å². The molecule has 6 heteroatoms. The fourth-order valence-electron chi connectivity index (χ4n) is 2.89. The Labute approximate surface area is 144 Å². The third kappa shape index (κ3) is 4.21. The number of amides is 1. The fraction of sp³-hybridized carbons (Fsp3) is 0.333. The van der Waals surface area contributed by atoms with Crippen molar-refractivity contribution in [3.63, 3.8) is 0 Å². The number of carbonyl (C=O) groups is 2. The van der Waals surface area contributed by atoms with E-state index in [2.05, 4.69) is 10.2 Å². The van der Waals surface area contributed by atoms with Crippen molar-refractivity contribution in [2.75, 3.05) is 13.1 Å². The maximum atomic E-state index is 12.2. The molecule has 1 fully saturated rings. The van der Waals surface area contributed by atoms with Crippen molar-refractivity contribution in [2.24, 2.45) is 0 Å². The molecule has 0 unspecified atom stereocenters. The van der Waals surface area contributed by atoms with Gasteiger partial charge in [0.15, 0.2) is 0 Å². The van der Waals surface area contributed by atoms with Crippen LogP contribution in [-0.2, 0) is 6.54 Å². The van der Waals surface area contributed by atoms with E-state index in [-0.39, 0.29) is 11.9 Å². The lowest BCUT2D eigenvalue weighted by Crippen LogP contribution is -2.44. The van der Waals surface area contributed by atoms with Gasteiger partial charge in [-0.3, -0.25) is 9.69 Å². The lowest BCUT2D eigenvalue weighted by molar-refractivity contribution is 0.0697. The van der Waals surface area contributed by atoms with Gasteiger partial charge in [0.05, 0.1) is 5.56 Å². The number of hydrogen-bond acceptors (Lipinski definition) is 4. The minimum absolute atomic E-state index is 0.0154. The SMILES string of the molecule is O=C(O)c1csc(CN2CCC(NC(=O)c3ccccc3)CC2)c1. The first-order chi connectivity index (χ1) is 11.6. The van der Waals surface area contributed by atoms with Crippen LogP contribution in [0.15, 0.2) is 41.8 Å². The van der Waals surface area contributed by atoms with E-state index >= 15 is 0 Å². The number of carboxylic acids is 1. The summed E-state index contributed by atoms with van der Waals surface area (Å²) in [5.74, 6) is -0.891. The number of nitrogens with one attached hydrogen (secondary N) is 1. The topological polar surface area (TPSA) is 69.6 Å². The van der Waals surface area contributed by atoms with Crippen LogP contribution in [0.4, 0.5) is 0 Å². The highest BCUT2D eigenvalue weighted by molar-refractivity contribution is 7.10. The lowest BCUT2D eigenvalue weighted by atomic mass is 10.0. The average Bonchev–Trinajstić information content (AvgIpc) is 3.06. The largest absolute Gasteiger partial charge is 0.478 e. The molecule has 3 rings (SSSR count). The van der Waals surface area contributed by atoms with Crippen molar-refractivity contribution in [2.45, 2.75) is 25.4 Å². The summed E-state index contributed by atoms with van der Waals surface area (Å²) in [4.78, 5) is 26.5. The Morgan fingerprint density at radius 3 is 2.50 bits per heavy atom. The third-order valence-electron chi connectivity index (χ3n) is 4.24. The molecule has 0 spiro atoms. The summed E-state index contributed by atoms with van der Waals surface area (Å²) in [5, 5.41) is 13.8. The fourth-order valence-corrected chi connectivity index (χ4v) is 3.79. The molecule has 1 aromatic carbocycles. The molecule has 126 valence electrons. The summed E-state index contributed by atoms with van der Waals surface area (Å²) in [6.07, 6.45) is 1.82. The molecule has 2 N–H and O–H groups in total. The lowest BCUT2D eigenvalue weighted by Gasteiger charge is -2.32. The number of aromatic carboxylic acids is 1. The van der Waals surface area contributed by atoms with Crippen LogP contribution in [0.5, 0.6) is 0 Å². The monoisotopic (exact) mass is 344 g/mol. The predicted molar refractivity (Wildman–Crippen MR) is 93.5 cm³/mol. The molecule has 0 radical (unpaired) electrons. The summed E-state index contributed by atoms with van der Waals surface area (Å²) in [5.41, 5.74) is 1.06. The first kappa shape index (κ1) is 16.7. The standard InChI is InChI=1S/C18H20N2O3S/c21-17(13-4-2-1-3-5-13)19-15-6-8-20(9-7-15)11-16-10-14(12-24-16)18(22)23/h1-5,10,12,15H,6-9,11H2,(H,19,21)(H,22,23). The van der Waals surface area contributed by atoms with Crippen LogP contribution >= 0.6 is 11.3 Å². The molecule has 0 bridgehead atoms. The zero-order chi connectivity index (χ0) is 16.9. The van der Waals surface area contributed by atoms with Gasteiger partial charge >= 0.3 is 5.97 Å². The number of carbonyl (C=O) groups excluding carboxylic acids is 1. The number of hydrogen-bond donors (Lipinski definition) is 2. The molecule has 2 heterocycles. The minimum Gasteiger partial charge on any atom is -0.478 e. The van der Waals surface area contributed by atoms with Gasteiger partial charge in [-0.25, -0.2) is 4.79 Å². The van der Waals surface area contributed by atoms with E-state index in [1.54, 1.807) is 11.4 Å². The van der Waals surface area contributed by atoms with Crippen molar-refractivity contribution >= 4 is 23.2 Å². The molecule has 0 saturated carbocycles. The Bertz CT molecular complexity index is 706. The number of nitrogens with zero attached hydrogens (tertiary/aromatic N) is 1. The summed E-state index contributed by atoms with van der Waals surface area (Å²) in [7, 11) is 0. The van der Waals surface area contributed by atoms with Crippen LogP contribution in [0.2, 0.25) is 0 Å². The zero-order valence-electron chi connectivity index (χ0n) is 13.3. The average molecular weight is 344 g/mol. The normalized spacial score (nSPS) is 16.0. The van der Waals surface area contributed by atoms with Crippen LogP contribution in [0.1, 0.15) is 38.4 Å². The number of likely N-dealkylation sites (tertiary alicyclic amines) is 1. The molecular formula is C18H20N2O3S. The molecule has 1 aliphatic rings. The molecule has 24 heavy (non-hydrogen) atoms. The van der Waals surface area contributed by atoms with Crippen molar-refractivity contribution in [3.8, 4) is 0 Å². The molecule has 0 aliphatic carbocycles. The van der Waals surface area contributed by atoms with E-state index in [9.17, 15) is 9.59 Å². The summed E-state index contributed by atoms with van der Waals surface area (Å²) in [6.45, 7) is 2.58. The third-order valence-corrected chi connectivity index (χ3v) is 5.16. The summed E-state index contributed by atoms with van der Waals surface area (Å²) >= 11 is 1.49. The Kier molecular flexibility index (Phi) is 5.27. The molecule has 1 saturated heterocycles. The van der Waals surface area contributed by atoms with Gasteiger partial charge in [0.25, 0.3) is 5.91 Å². The highest BCUT2D eigenvalue weighted by Gasteiger charge is 2.21. The Morgan fingerprint density at radius 1 is 1.17 bits per heavy atom. The van der Waals surface area contributed by atoms with Crippen molar-refractivity contribution in [1.82, 2.24) is 10.2 Å². The molecule has 2 aromatic rings. The van der Waals surface area contributed by atoms with Gasteiger partial charge in [-0.1, -0.05) is 18.2 Å². The van der Waals surface area contributed by atoms with Gasteiger partial charge in [-0.05, 0) is 31.0 Å². The Morgan fingerprint density at radius 2 is 1.88 bits per heavy atom.